The second kappa shape index (κ2) is 6.45. The number of fused-ring (bicyclic) bond motifs is 2. The van der Waals surface area contributed by atoms with Crippen LogP contribution < -0.4 is 20.1 Å². The van der Waals surface area contributed by atoms with E-state index in [4.69, 9.17) is 9.47 Å². The zero-order chi connectivity index (χ0) is 16.5. The molecule has 1 amide bonds. The van der Waals surface area contributed by atoms with Crippen molar-refractivity contribution < 1.29 is 14.3 Å². The summed E-state index contributed by atoms with van der Waals surface area (Å²) in [6.07, 6.45) is 1.86. The predicted molar refractivity (Wildman–Crippen MR) is 95.1 cm³/mol. The number of ether oxygens (including phenoxy) is 2. The molecule has 0 atom stereocenters. The van der Waals surface area contributed by atoms with Crippen molar-refractivity contribution in [3.8, 4) is 22.6 Å². The number of anilines is 1. The molecule has 0 saturated heterocycles. The van der Waals surface area contributed by atoms with Gasteiger partial charge in [0, 0.05) is 30.3 Å². The number of hydrogen-bond donors (Lipinski definition) is 2. The minimum absolute atomic E-state index is 0.0443. The summed E-state index contributed by atoms with van der Waals surface area (Å²) in [5, 5.41) is 7.32. The summed E-state index contributed by atoms with van der Waals surface area (Å²) in [7, 11) is 0. The van der Waals surface area contributed by atoms with Gasteiger partial charge in [0.1, 0.15) is 5.00 Å². The molecule has 3 heterocycles. The summed E-state index contributed by atoms with van der Waals surface area (Å²) < 4.78 is 11.6. The fourth-order valence-electron chi connectivity index (χ4n) is 3.21. The van der Waals surface area contributed by atoms with Crippen molar-refractivity contribution in [1.29, 1.82) is 0 Å². The van der Waals surface area contributed by atoms with Gasteiger partial charge in [0.2, 0.25) is 5.91 Å². The minimum Gasteiger partial charge on any atom is -0.490 e. The lowest BCUT2D eigenvalue weighted by atomic mass is 9.97. The summed E-state index contributed by atoms with van der Waals surface area (Å²) >= 11 is 1.66. The molecule has 2 aromatic rings. The van der Waals surface area contributed by atoms with E-state index >= 15 is 0 Å². The summed E-state index contributed by atoms with van der Waals surface area (Å²) in [4.78, 5) is 12.9. The highest BCUT2D eigenvalue weighted by Gasteiger charge is 2.23. The van der Waals surface area contributed by atoms with Gasteiger partial charge in [-0.3, -0.25) is 4.79 Å². The lowest BCUT2D eigenvalue weighted by molar-refractivity contribution is -0.114. The third-order valence-electron chi connectivity index (χ3n) is 4.25. The maximum Gasteiger partial charge on any atom is 0.221 e. The summed E-state index contributed by atoms with van der Waals surface area (Å²) in [5.41, 5.74) is 3.53. The molecule has 24 heavy (non-hydrogen) atoms. The number of hydrogen-bond acceptors (Lipinski definition) is 5. The van der Waals surface area contributed by atoms with E-state index in [0.717, 1.165) is 53.6 Å². The normalized spacial score (nSPS) is 16.2. The highest BCUT2D eigenvalue weighted by molar-refractivity contribution is 7.17. The molecule has 0 bridgehead atoms. The molecule has 0 aliphatic carbocycles. The Hall–Kier alpha value is -2.05. The van der Waals surface area contributed by atoms with Crippen LogP contribution in [-0.2, 0) is 17.8 Å². The van der Waals surface area contributed by atoms with Crippen molar-refractivity contribution >= 4 is 22.2 Å². The lowest BCUT2D eigenvalue weighted by Crippen LogP contribution is -2.22. The highest BCUT2D eigenvalue weighted by atomic mass is 32.1. The Bertz CT molecular complexity index is 785. The molecule has 6 heteroatoms. The first-order chi connectivity index (χ1) is 11.7. The van der Waals surface area contributed by atoms with Crippen LogP contribution >= 0.6 is 11.3 Å². The van der Waals surface area contributed by atoms with Crippen LogP contribution in [0.1, 0.15) is 23.8 Å². The molecule has 0 fully saturated rings. The van der Waals surface area contributed by atoms with Crippen LogP contribution in [0.4, 0.5) is 5.00 Å². The molecule has 126 valence electrons. The monoisotopic (exact) mass is 344 g/mol. The molecule has 5 nitrogen and oxygen atoms in total. The van der Waals surface area contributed by atoms with E-state index in [1.165, 1.54) is 10.4 Å². The molecule has 4 rings (SSSR count). The van der Waals surface area contributed by atoms with Crippen molar-refractivity contribution in [1.82, 2.24) is 5.32 Å². The average Bonchev–Trinajstić information content (AvgIpc) is 2.75. The van der Waals surface area contributed by atoms with Gasteiger partial charge in [-0.05, 0) is 36.2 Å². The van der Waals surface area contributed by atoms with Crippen molar-refractivity contribution in [2.45, 2.75) is 26.3 Å². The first-order valence-electron chi connectivity index (χ1n) is 8.25. The molecule has 1 aromatic heterocycles. The van der Waals surface area contributed by atoms with E-state index in [-0.39, 0.29) is 5.91 Å². The number of rotatable bonds is 2. The third-order valence-corrected chi connectivity index (χ3v) is 5.40. The van der Waals surface area contributed by atoms with Gasteiger partial charge in [-0.1, -0.05) is 6.07 Å². The van der Waals surface area contributed by atoms with Gasteiger partial charge in [0.25, 0.3) is 0 Å². The van der Waals surface area contributed by atoms with Gasteiger partial charge >= 0.3 is 0 Å². The van der Waals surface area contributed by atoms with Gasteiger partial charge in [-0.15, -0.1) is 11.3 Å². The van der Waals surface area contributed by atoms with Crippen LogP contribution in [0.25, 0.3) is 11.1 Å². The number of thiophene rings is 1. The predicted octanol–water partition coefficient (Wildman–Crippen LogP) is 3.18. The Morgan fingerprint density at radius 2 is 2.08 bits per heavy atom. The van der Waals surface area contributed by atoms with Gasteiger partial charge in [0.05, 0.1) is 13.2 Å². The molecule has 0 spiro atoms. The largest absolute Gasteiger partial charge is 0.490 e. The molecule has 1 aromatic carbocycles. The van der Waals surface area contributed by atoms with Crippen molar-refractivity contribution in [3.63, 3.8) is 0 Å². The Morgan fingerprint density at radius 1 is 1.25 bits per heavy atom. The summed E-state index contributed by atoms with van der Waals surface area (Å²) in [6.45, 7) is 4.72. The minimum atomic E-state index is -0.0443. The van der Waals surface area contributed by atoms with Crippen LogP contribution in [-0.4, -0.2) is 25.7 Å². The molecular formula is C18H20N2O3S. The number of carbonyl (C=O) groups excluding carboxylic acids is 1. The Kier molecular flexibility index (Phi) is 4.16. The van der Waals surface area contributed by atoms with Gasteiger partial charge in [-0.2, -0.15) is 0 Å². The Labute approximate surface area is 145 Å². The maximum atomic E-state index is 11.6. The fourth-order valence-corrected chi connectivity index (χ4v) is 4.49. The second-order valence-electron chi connectivity index (χ2n) is 6.03. The third kappa shape index (κ3) is 2.87. The van der Waals surface area contributed by atoms with Gasteiger partial charge < -0.3 is 20.1 Å². The van der Waals surface area contributed by atoms with Crippen LogP contribution in [0.15, 0.2) is 18.2 Å². The second-order valence-corrected chi connectivity index (χ2v) is 7.13. The Balaban J connectivity index is 1.81. The van der Waals surface area contributed by atoms with E-state index in [1.807, 2.05) is 12.1 Å². The van der Waals surface area contributed by atoms with Crippen LogP contribution in [0, 0.1) is 0 Å². The standard InChI is InChI=1S/C18H20N2O3S/c1-11(21)20-18-17(13-5-6-19-10-16(13)24-18)12-3-4-14-15(9-12)23-8-2-7-22-14/h3-4,9,19H,2,5-8,10H2,1H3,(H,20,21). The topological polar surface area (TPSA) is 59.6 Å². The van der Waals surface area contributed by atoms with Crippen LogP contribution in [0.2, 0.25) is 0 Å². The quantitative estimate of drug-likeness (QED) is 0.878. The lowest BCUT2D eigenvalue weighted by Gasteiger charge is -2.16. The van der Waals surface area contributed by atoms with E-state index < -0.39 is 0 Å². The first-order valence-corrected chi connectivity index (χ1v) is 9.07. The van der Waals surface area contributed by atoms with E-state index in [0.29, 0.717) is 13.2 Å². The molecule has 0 radical (unpaired) electrons. The van der Waals surface area contributed by atoms with Gasteiger partial charge in [0.15, 0.2) is 11.5 Å². The van der Waals surface area contributed by atoms with Crippen molar-refractivity contribution in [2.24, 2.45) is 0 Å². The molecule has 0 saturated carbocycles. The molecule has 2 N–H and O–H groups in total. The SMILES string of the molecule is CC(=O)Nc1sc2c(c1-c1ccc3c(c1)OCCCO3)CCNC2. The van der Waals surface area contributed by atoms with Gasteiger partial charge in [-0.25, -0.2) is 0 Å². The zero-order valence-electron chi connectivity index (χ0n) is 13.6. The summed E-state index contributed by atoms with van der Waals surface area (Å²) in [6, 6.07) is 6.07. The zero-order valence-corrected chi connectivity index (χ0v) is 14.4. The molecule has 2 aliphatic rings. The Morgan fingerprint density at radius 3 is 2.92 bits per heavy atom. The van der Waals surface area contributed by atoms with Crippen molar-refractivity contribution in [2.75, 3.05) is 25.1 Å². The van der Waals surface area contributed by atoms with Crippen LogP contribution in [0.5, 0.6) is 11.5 Å². The average molecular weight is 344 g/mol. The summed E-state index contributed by atoms with van der Waals surface area (Å²) in [5.74, 6) is 1.54. The number of nitrogens with one attached hydrogen (secondary N) is 2. The first kappa shape index (κ1) is 15.5. The number of benzene rings is 1. The van der Waals surface area contributed by atoms with E-state index in [9.17, 15) is 4.79 Å². The smallest absolute Gasteiger partial charge is 0.221 e. The number of amides is 1. The molecule has 0 unspecified atom stereocenters. The maximum absolute atomic E-state index is 11.6. The fraction of sp³-hybridized carbons (Fsp3) is 0.389. The van der Waals surface area contributed by atoms with E-state index in [1.54, 1.807) is 18.3 Å². The van der Waals surface area contributed by atoms with Crippen LogP contribution in [0.3, 0.4) is 0 Å². The molecule has 2 aliphatic heterocycles. The van der Waals surface area contributed by atoms with E-state index in [2.05, 4.69) is 16.7 Å². The van der Waals surface area contributed by atoms with Crippen molar-refractivity contribution in [3.05, 3.63) is 28.6 Å². The highest BCUT2D eigenvalue weighted by Crippen LogP contribution is 2.44. The molecular weight excluding hydrogens is 324 g/mol. The number of carbonyl (C=O) groups is 1.